The van der Waals surface area contributed by atoms with Crippen LogP contribution in [-0.2, 0) is 10.4 Å². The molecule has 0 saturated carbocycles. The minimum atomic E-state index is -4.80. The van der Waals surface area contributed by atoms with Crippen LogP contribution in [0.4, 0.5) is 18.9 Å². The zero-order chi connectivity index (χ0) is 25.4. The Hall–Kier alpha value is -3.23. The van der Waals surface area contributed by atoms with Gasteiger partial charge in [0.05, 0.1) is 12.8 Å². The minimum Gasteiger partial charge on any atom is -0.497 e. The summed E-state index contributed by atoms with van der Waals surface area (Å²) in [5.74, 6) is 0.226. The van der Waals surface area contributed by atoms with Gasteiger partial charge in [0.25, 0.3) is 11.5 Å². The predicted octanol–water partition coefficient (Wildman–Crippen LogP) is 7.14. The Balaban J connectivity index is 1.62. The molecule has 1 heterocycles. The summed E-state index contributed by atoms with van der Waals surface area (Å²) in [6.07, 6.45) is -5.40. The number of ether oxygens (including phenoxy) is 1. The number of aryl methyl sites for hydroxylation is 1. The second kappa shape index (κ2) is 9.43. The molecular formula is C25H19Cl2F3N2O3. The number of halogens is 5. The van der Waals surface area contributed by atoms with Crippen LogP contribution in [0.3, 0.4) is 0 Å². The van der Waals surface area contributed by atoms with Crippen molar-refractivity contribution in [1.29, 1.82) is 0 Å². The van der Waals surface area contributed by atoms with Gasteiger partial charge in [0.15, 0.2) is 0 Å². The van der Waals surface area contributed by atoms with Gasteiger partial charge in [-0.2, -0.15) is 13.2 Å². The molecule has 0 fully saturated rings. The molecule has 0 aliphatic carbocycles. The van der Waals surface area contributed by atoms with Crippen molar-refractivity contribution in [3.8, 4) is 5.75 Å². The van der Waals surface area contributed by atoms with Gasteiger partial charge in [0.2, 0.25) is 0 Å². The molecule has 1 aliphatic heterocycles. The third-order valence-electron chi connectivity index (χ3n) is 5.69. The summed E-state index contributed by atoms with van der Waals surface area (Å²) in [4.78, 5) is 17.8. The van der Waals surface area contributed by atoms with Gasteiger partial charge in [-0.3, -0.25) is 4.79 Å². The van der Waals surface area contributed by atoms with Crippen molar-refractivity contribution >= 4 is 40.5 Å². The molecule has 1 amide bonds. The number of benzene rings is 3. The maximum atomic E-state index is 14.3. The first-order chi connectivity index (χ1) is 16.5. The number of anilines is 1. The third-order valence-corrected chi connectivity index (χ3v) is 6.12. The summed E-state index contributed by atoms with van der Waals surface area (Å²) >= 11 is 11.9. The first-order valence-corrected chi connectivity index (χ1v) is 11.1. The van der Waals surface area contributed by atoms with Crippen LogP contribution in [-0.4, -0.2) is 24.9 Å². The Labute approximate surface area is 209 Å². The van der Waals surface area contributed by atoms with E-state index in [9.17, 15) is 18.0 Å². The summed E-state index contributed by atoms with van der Waals surface area (Å²) in [5.41, 5.74) is -1.00. The van der Waals surface area contributed by atoms with Crippen LogP contribution in [0.1, 0.15) is 33.5 Å². The predicted molar refractivity (Wildman–Crippen MR) is 129 cm³/mol. The molecule has 182 valence electrons. The lowest BCUT2D eigenvalue weighted by Crippen LogP contribution is -2.42. The zero-order valence-electron chi connectivity index (χ0n) is 18.5. The summed E-state index contributed by atoms with van der Waals surface area (Å²) in [6, 6.07) is 15.1. The molecule has 0 saturated heterocycles. The first kappa shape index (κ1) is 24.9. The van der Waals surface area contributed by atoms with E-state index in [1.54, 1.807) is 49.4 Å². The fourth-order valence-corrected chi connectivity index (χ4v) is 4.24. The molecule has 3 aromatic carbocycles. The van der Waals surface area contributed by atoms with E-state index in [1.807, 2.05) is 0 Å². The molecule has 0 aromatic heterocycles. The van der Waals surface area contributed by atoms with Crippen LogP contribution in [0.25, 0.3) is 0 Å². The maximum absolute atomic E-state index is 14.3. The molecule has 1 aliphatic rings. The van der Waals surface area contributed by atoms with E-state index < -0.39 is 18.2 Å². The summed E-state index contributed by atoms with van der Waals surface area (Å²) in [5, 5.41) is 6.66. The number of carbonyl (C=O) groups is 1. The fourth-order valence-electron chi connectivity index (χ4n) is 3.72. The van der Waals surface area contributed by atoms with Gasteiger partial charge in [-0.1, -0.05) is 40.5 Å². The van der Waals surface area contributed by atoms with E-state index in [4.69, 9.17) is 32.8 Å². The van der Waals surface area contributed by atoms with Gasteiger partial charge in [0.1, 0.15) is 5.75 Å². The molecule has 0 radical (unpaired) electrons. The lowest BCUT2D eigenvalue weighted by molar-refractivity contribution is -0.275. The number of nitrogens with one attached hydrogen (secondary N) is 1. The average Bonchev–Trinajstić information content (AvgIpc) is 3.27. The van der Waals surface area contributed by atoms with E-state index in [2.05, 4.69) is 10.5 Å². The average molecular weight is 523 g/mol. The second-order valence-electron chi connectivity index (χ2n) is 8.00. The number of nitrogens with zero attached hydrogens (tertiary/aromatic N) is 1. The van der Waals surface area contributed by atoms with E-state index in [0.29, 0.717) is 22.6 Å². The lowest BCUT2D eigenvalue weighted by Gasteiger charge is -2.29. The zero-order valence-corrected chi connectivity index (χ0v) is 20.1. The van der Waals surface area contributed by atoms with Gasteiger partial charge >= 0.3 is 6.18 Å². The van der Waals surface area contributed by atoms with Crippen LogP contribution < -0.4 is 10.1 Å². The highest BCUT2D eigenvalue weighted by atomic mass is 35.5. The van der Waals surface area contributed by atoms with Gasteiger partial charge in [-0.05, 0) is 61.0 Å². The van der Waals surface area contributed by atoms with Gasteiger partial charge < -0.3 is 14.9 Å². The molecule has 3 aromatic rings. The third kappa shape index (κ3) is 4.94. The minimum absolute atomic E-state index is 0.0482. The maximum Gasteiger partial charge on any atom is 0.435 e. The Kier molecular flexibility index (Phi) is 6.71. The Morgan fingerprint density at radius 2 is 1.71 bits per heavy atom. The SMILES string of the molecule is COc1ccc(C(=O)Nc2cc(C3=NOC(c4cc(Cl)cc(Cl)c4)(C(F)(F)F)C3)ccc2C)cc1. The number of alkyl halides is 3. The Bertz CT molecular complexity index is 1290. The van der Waals surface area contributed by atoms with Crippen LogP contribution in [0.5, 0.6) is 5.75 Å². The number of hydrogen-bond acceptors (Lipinski definition) is 4. The van der Waals surface area contributed by atoms with Crippen molar-refractivity contribution in [2.45, 2.75) is 25.1 Å². The first-order valence-electron chi connectivity index (χ1n) is 10.4. The number of rotatable bonds is 5. The highest BCUT2D eigenvalue weighted by molar-refractivity contribution is 6.34. The molecule has 35 heavy (non-hydrogen) atoms. The normalized spacial score (nSPS) is 17.5. The summed E-state index contributed by atoms with van der Waals surface area (Å²) in [6.45, 7) is 1.77. The van der Waals surface area contributed by atoms with Crippen LogP contribution in [0.15, 0.2) is 65.8 Å². The monoisotopic (exact) mass is 522 g/mol. The quantitative estimate of drug-likeness (QED) is 0.387. The molecule has 10 heteroatoms. The van der Waals surface area contributed by atoms with Crippen LogP contribution in [0.2, 0.25) is 10.0 Å². The number of oxime groups is 1. The number of methoxy groups -OCH3 is 1. The number of amides is 1. The van der Waals surface area contributed by atoms with Crippen molar-refractivity contribution < 1.29 is 27.5 Å². The Morgan fingerprint density at radius 1 is 1.06 bits per heavy atom. The van der Waals surface area contributed by atoms with Crippen molar-refractivity contribution in [3.63, 3.8) is 0 Å². The van der Waals surface area contributed by atoms with Crippen molar-refractivity contribution in [2.75, 3.05) is 12.4 Å². The van der Waals surface area contributed by atoms with E-state index >= 15 is 0 Å². The number of carbonyl (C=O) groups excluding carboxylic acids is 1. The van der Waals surface area contributed by atoms with Gasteiger partial charge in [-0.25, -0.2) is 0 Å². The van der Waals surface area contributed by atoms with E-state index in [-0.39, 0.29) is 27.2 Å². The van der Waals surface area contributed by atoms with Gasteiger partial charge in [-0.15, -0.1) is 0 Å². The highest BCUT2D eigenvalue weighted by Gasteiger charge is 2.62. The Morgan fingerprint density at radius 3 is 2.31 bits per heavy atom. The van der Waals surface area contributed by atoms with E-state index in [1.165, 1.54) is 13.2 Å². The van der Waals surface area contributed by atoms with Crippen molar-refractivity contribution in [2.24, 2.45) is 5.16 Å². The van der Waals surface area contributed by atoms with Crippen LogP contribution >= 0.6 is 23.2 Å². The van der Waals surface area contributed by atoms with Crippen molar-refractivity contribution in [1.82, 2.24) is 0 Å². The number of hydrogen-bond donors (Lipinski definition) is 1. The molecule has 5 nitrogen and oxygen atoms in total. The largest absolute Gasteiger partial charge is 0.497 e. The molecule has 1 unspecified atom stereocenters. The molecule has 1 atom stereocenters. The topological polar surface area (TPSA) is 59.9 Å². The lowest BCUT2D eigenvalue weighted by atomic mass is 9.86. The van der Waals surface area contributed by atoms with Gasteiger partial charge in [0, 0.05) is 38.8 Å². The molecule has 1 N–H and O–H groups in total. The molecule has 4 rings (SSSR count). The van der Waals surface area contributed by atoms with Crippen LogP contribution in [0, 0.1) is 6.92 Å². The highest BCUT2D eigenvalue weighted by Crippen LogP contribution is 2.49. The fraction of sp³-hybridized carbons (Fsp3) is 0.200. The second-order valence-corrected chi connectivity index (χ2v) is 8.87. The standard InChI is InChI=1S/C25H19Cl2F3N2O3/c1-14-3-4-16(9-21(14)31-23(33)15-5-7-20(34-2)8-6-15)22-13-24(35-32-22,25(28,29)30)17-10-18(26)12-19(27)11-17/h3-12H,13H2,1-2H3,(H,31,33). The molecule has 0 bridgehead atoms. The van der Waals surface area contributed by atoms with E-state index in [0.717, 1.165) is 17.7 Å². The molecule has 0 spiro atoms. The smallest absolute Gasteiger partial charge is 0.435 e. The molecular weight excluding hydrogens is 504 g/mol. The summed E-state index contributed by atoms with van der Waals surface area (Å²) in [7, 11) is 1.52. The summed E-state index contributed by atoms with van der Waals surface area (Å²) < 4.78 is 47.9. The van der Waals surface area contributed by atoms with Crippen molar-refractivity contribution in [3.05, 3.63) is 93.0 Å².